The molecule has 0 spiro atoms. The number of aromatic nitrogens is 5. The van der Waals surface area contributed by atoms with E-state index >= 15 is 0 Å². The molecule has 0 aromatic carbocycles. The minimum absolute atomic E-state index is 0.117. The van der Waals surface area contributed by atoms with Gasteiger partial charge >= 0.3 is 0 Å². The van der Waals surface area contributed by atoms with Crippen LogP contribution in [0.25, 0.3) is 0 Å². The highest BCUT2D eigenvalue weighted by Gasteiger charge is 2.21. The molecule has 2 aromatic heterocycles. The maximum Gasteiger partial charge on any atom is 0.248 e. The van der Waals surface area contributed by atoms with Crippen LogP contribution in [0.1, 0.15) is 38.2 Å². The third kappa shape index (κ3) is 3.07. The van der Waals surface area contributed by atoms with Gasteiger partial charge in [0.15, 0.2) is 5.82 Å². The Kier molecular flexibility index (Phi) is 3.65. The molecule has 0 aliphatic carbocycles. The highest BCUT2D eigenvalue weighted by Crippen LogP contribution is 2.18. The van der Waals surface area contributed by atoms with Crippen molar-refractivity contribution in [2.75, 3.05) is 5.88 Å². The monoisotopic (exact) mass is 269 g/mol. The average molecular weight is 270 g/mol. The van der Waals surface area contributed by atoms with Gasteiger partial charge in [-0.15, -0.1) is 16.7 Å². The van der Waals surface area contributed by atoms with Crippen LogP contribution >= 0.6 is 11.6 Å². The molecule has 0 saturated heterocycles. The number of halogens is 1. The number of rotatable bonds is 4. The summed E-state index contributed by atoms with van der Waals surface area (Å²) in [5.41, 5.74) is 0.744. The Morgan fingerprint density at radius 3 is 2.78 bits per heavy atom. The largest absolute Gasteiger partial charge is 0.337 e. The molecule has 0 atom stereocenters. The quantitative estimate of drug-likeness (QED) is 0.792. The molecule has 0 radical (unpaired) electrons. The lowest BCUT2D eigenvalue weighted by molar-refractivity contribution is 0.352. The van der Waals surface area contributed by atoms with Gasteiger partial charge in [-0.3, -0.25) is 0 Å². The summed E-state index contributed by atoms with van der Waals surface area (Å²) in [6.07, 6.45) is 2.54. The lowest BCUT2D eigenvalue weighted by Gasteiger charge is -2.10. The SMILES string of the molecule is CC(C)(C)c1noc(Cn2cc(CCCl)nn2)n1. The van der Waals surface area contributed by atoms with Gasteiger partial charge in [-0.1, -0.05) is 31.1 Å². The van der Waals surface area contributed by atoms with Crippen LogP contribution in [0.5, 0.6) is 0 Å². The van der Waals surface area contributed by atoms with Gasteiger partial charge in [0, 0.05) is 23.9 Å². The van der Waals surface area contributed by atoms with Gasteiger partial charge in [-0.2, -0.15) is 4.98 Å². The van der Waals surface area contributed by atoms with Crippen LogP contribution in [0.3, 0.4) is 0 Å². The van der Waals surface area contributed by atoms with Crippen LogP contribution in [0.4, 0.5) is 0 Å². The molecular weight excluding hydrogens is 254 g/mol. The Hall–Kier alpha value is -1.43. The van der Waals surface area contributed by atoms with Crippen molar-refractivity contribution in [2.45, 2.75) is 39.2 Å². The smallest absolute Gasteiger partial charge is 0.248 e. The van der Waals surface area contributed by atoms with E-state index in [1.165, 1.54) is 0 Å². The maximum atomic E-state index is 5.64. The molecule has 2 heterocycles. The highest BCUT2D eigenvalue weighted by atomic mass is 35.5. The van der Waals surface area contributed by atoms with Crippen molar-refractivity contribution >= 4 is 11.6 Å². The molecule has 18 heavy (non-hydrogen) atoms. The predicted molar refractivity (Wildman–Crippen MR) is 66.5 cm³/mol. The lowest BCUT2D eigenvalue weighted by Crippen LogP contribution is -2.13. The Labute approximate surface area is 110 Å². The molecule has 0 unspecified atom stereocenters. The van der Waals surface area contributed by atoms with Gasteiger partial charge in [0.25, 0.3) is 0 Å². The van der Waals surface area contributed by atoms with Gasteiger partial charge in [0.05, 0.1) is 5.69 Å². The average Bonchev–Trinajstić information content (AvgIpc) is 2.88. The van der Waals surface area contributed by atoms with E-state index in [9.17, 15) is 0 Å². The molecule has 2 aromatic rings. The fourth-order valence-electron chi connectivity index (χ4n) is 1.39. The first-order chi connectivity index (χ1) is 8.49. The number of nitrogens with zero attached hydrogens (tertiary/aromatic N) is 5. The summed E-state index contributed by atoms with van der Waals surface area (Å²) in [5.74, 6) is 1.76. The van der Waals surface area contributed by atoms with Gasteiger partial charge in [-0.25, -0.2) is 4.68 Å². The van der Waals surface area contributed by atoms with Gasteiger partial charge in [-0.05, 0) is 0 Å². The molecular formula is C11H16ClN5O. The number of hydrogen-bond donors (Lipinski definition) is 0. The van der Waals surface area contributed by atoms with Crippen LogP contribution in [0.15, 0.2) is 10.7 Å². The van der Waals surface area contributed by atoms with E-state index in [4.69, 9.17) is 16.1 Å². The third-order valence-corrected chi connectivity index (χ3v) is 2.56. The maximum absolute atomic E-state index is 5.64. The molecule has 0 N–H and O–H groups in total. The first-order valence-electron chi connectivity index (χ1n) is 5.77. The zero-order valence-corrected chi connectivity index (χ0v) is 11.5. The zero-order chi connectivity index (χ0) is 13.2. The van der Waals surface area contributed by atoms with Crippen molar-refractivity contribution in [1.29, 1.82) is 0 Å². The second-order valence-corrected chi connectivity index (χ2v) is 5.49. The van der Waals surface area contributed by atoms with E-state index in [2.05, 4.69) is 20.5 Å². The van der Waals surface area contributed by atoms with Crippen LogP contribution < -0.4 is 0 Å². The fraction of sp³-hybridized carbons (Fsp3) is 0.636. The summed E-state index contributed by atoms with van der Waals surface area (Å²) in [6.45, 7) is 6.54. The summed E-state index contributed by atoms with van der Waals surface area (Å²) in [6, 6.07) is 0. The van der Waals surface area contributed by atoms with E-state index in [0.717, 1.165) is 5.69 Å². The molecule has 98 valence electrons. The van der Waals surface area contributed by atoms with Gasteiger partial charge in [0.2, 0.25) is 5.89 Å². The first-order valence-corrected chi connectivity index (χ1v) is 6.30. The summed E-state index contributed by atoms with van der Waals surface area (Å²) in [7, 11) is 0. The minimum Gasteiger partial charge on any atom is -0.337 e. The number of aryl methyl sites for hydroxylation is 1. The van der Waals surface area contributed by atoms with Crippen LogP contribution in [-0.4, -0.2) is 31.0 Å². The van der Waals surface area contributed by atoms with Crippen molar-refractivity contribution in [3.05, 3.63) is 23.6 Å². The van der Waals surface area contributed by atoms with E-state index in [1.54, 1.807) is 4.68 Å². The number of hydrogen-bond acceptors (Lipinski definition) is 5. The van der Waals surface area contributed by atoms with E-state index in [-0.39, 0.29) is 5.41 Å². The highest BCUT2D eigenvalue weighted by molar-refractivity contribution is 6.17. The van der Waals surface area contributed by atoms with Crippen LogP contribution in [0.2, 0.25) is 0 Å². The fourth-order valence-corrected chi connectivity index (χ4v) is 1.58. The molecule has 0 aliphatic rings. The molecule has 6 nitrogen and oxygen atoms in total. The first kappa shape index (κ1) is 13.0. The lowest BCUT2D eigenvalue weighted by atomic mass is 9.96. The summed E-state index contributed by atoms with van der Waals surface area (Å²) >= 11 is 5.64. The van der Waals surface area contributed by atoms with Crippen molar-refractivity contribution in [2.24, 2.45) is 0 Å². The van der Waals surface area contributed by atoms with Gasteiger partial charge in [0.1, 0.15) is 6.54 Å². The second kappa shape index (κ2) is 5.06. The standard InChI is InChI=1S/C11H16ClN5O/c1-11(2,3)10-13-9(18-15-10)7-17-6-8(4-5-12)14-16-17/h6H,4-5,7H2,1-3H3. The Morgan fingerprint density at radius 1 is 1.39 bits per heavy atom. The topological polar surface area (TPSA) is 69.6 Å². The summed E-state index contributed by atoms with van der Waals surface area (Å²) in [5, 5.41) is 11.9. The normalized spacial score (nSPS) is 12.0. The van der Waals surface area contributed by atoms with E-state index < -0.39 is 0 Å². The van der Waals surface area contributed by atoms with E-state index in [0.29, 0.717) is 30.6 Å². The van der Waals surface area contributed by atoms with Crippen molar-refractivity contribution in [1.82, 2.24) is 25.1 Å². The molecule has 0 bridgehead atoms. The Bertz CT molecular complexity index is 513. The van der Waals surface area contributed by atoms with Gasteiger partial charge < -0.3 is 4.52 Å². The van der Waals surface area contributed by atoms with Crippen molar-refractivity contribution in [3.63, 3.8) is 0 Å². The molecule has 0 aliphatic heterocycles. The van der Waals surface area contributed by atoms with E-state index in [1.807, 2.05) is 27.0 Å². The molecule has 0 fully saturated rings. The van der Waals surface area contributed by atoms with Crippen molar-refractivity contribution < 1.29 is 4.52 Å². The van der Waals surface area contributed by atoms with Crippen LogP contribution in [-0.2, 0) is 18.4 Å². The third-order valence-electron chi connectivity index (χ3n) is 2.37. The zero-order valence-electron chi connectivity index (χ0n) is 10.7. The Balaban J connectivity index is 2.06. The second-order valence-electron chi connectivity index (χ2n) is 5.11. The van der Waals surface area contributed by atoms with Crippen molar-refractivity contribution in [3.8, 4) is 0 Å². The predicted octanol–water partition coefficient (Wildman–Crippen LogP) is 1.79. The molecule has 7 heteroatoms. The number of alkyl halides is 1. The summed E-state index contributed by atoms with van der Waals surface area (Å²) in [4.78, 5) is 4.34. The summed E-state index contributed by atoms with van der Waals surface area (Å²) < 4.78 is 6.86. The Morgan fingerprint density at radius 2 is 2.17 bits per heavy atom. The molecule has 2 rings (SSSR count). The molecule has 0 amide bonds. The molecule has 0 saturated carbocycles. The van der Waals surface area contributed by atoms with Crippen LogP contribution in [0, 0.1) is 0 Å². The minimum atomic E-state index is -0.117.